The minimum absolute atomic E-state index is 0.0191. The van der Waals surface area contributed by atoms with Crippen LogP contribution in [0.25, 0.3) is 0 Å². The molecule has 1 nitrogen and oxygen atoms in total. The summed E-state index contributed by atoms with van der Waals surface area (Å²) >= 11 is 40.8. The van der Waals surface area contributed by atoms with Crippen molar-refractivity contribution in [3.63, 3.8) is 0 Å². The molecule has 0 aromatic rings. The summed E-state index contributed by atoms with van der Waals surface area (Å²) in [6.07, 6.45) is 10.6. The zero-order valence-corrected chi connectivity index (χ0v) is 24.9. The molecule has 30 heavy (non-hydrogen) atoms. The summed E-state index contributed by atoms with van der Waals surface area (Å²) < 4.78 is -2.14. The summed E-state index contributed by atoms with van der Waals surface area (Å²) in [4.78, 5) is -0.387. The van der Waals surface area contributed by atoms with Gasteiger partial charge in [0, 0.05) is 27.8 Å². The summed E-state index contributed by atoms with van der Waals surface area (Å²) in [5.74, 6) is 0.330. The Morgan fingerprint density at radius 2 is 1.60 bits per heavy atom. The molecule has 0 radical (unpaired) electrons. The molecule has 176 valence electrons. The Hall–Kier alpha value is 2.72. The molecule has 0 spiro atoms. The van der Waals surface area contributed by atoms with Gasteiger partial charge in [0.25, 0.3) is 0 Å². The van der Waals surface area contributed by atoms with Gasteiger partial charge in [0.15, 0.2) is 7.04 Å². The van der Waals surface area contributed by atoms with E-state index >= 15 is 0 Å². The van der Waals surface area contributed by atoms with Crippen LogP contribution in [0.5, 0.6) is 0 Å². The van der Waals surface area contributed by atoms with Gasteiger partial charge in [-0.3, -0.25) is 0 Å². The van der Waals surface area contributed by atoms with Gasteiger partial charge in [0.1, 0.15) is 4.93 Å². The molecule has 0 heterocycles. The second-order valence-corrected chi connectivity index (χ2v) is 18.1. The van der Waals surface area contributed by atoms with Crippen molar-refractivity contribution in [2.75, 3.05) is 0 Å². The fourth-order valence-corrected chi connectivity index (χ4v) is 10.7. The highest BCUT2D eigenvalue weighted by molar-refractivity contribution is 9.11. The lowest BCUT2D eigenvalue weighted by molar-refractivity contribution is -0.0514. The fraction of sp³-hybridized carbons (Fsp3) is 1.00. The third kappa shape index (κ3) is 5.92. The zero-order chi connectivity index (χ0) is 22.4. The van der Waals surface area contributed by atoms with Crippen molar-refractivity contribution in [1.29, 1.82) is 0 Å². The SMILES string of the molecule is CCC1(C2CC(C(Cl)(Cl)Cl)CCC2(O)SC2CCC(C(Cl)(Cl)Br)CC2)CCCC1Br. The van der Waals surface area contributed by atoms with E-state index in [9.17, 15) is 5.11 Å². The second kappa shape index (κ2) is 10.4. The lowest BCUT2D eigenvalue weighted by atomic mass is 9.62. The van der Waals surface area contributed by atoms with Gasteiger partial charge >= 0.3 is 0 Å². The van der Waals surface area contributed by atoms with Gasteiger partial charge in [-0.1, -0.05) is 87.3 Å². The van der Waals surface area contributed by atoms with E-state index in [0.29, 0.717) is 16.5 Å². The maximum atomic E-state index is 12.1. The Morgan fingerprint density at radius 1 is 0.967 bits per heavy atom. The minimum Gasteiger partial charge on any atom is -0.379 e. The third-order valence-corrected chi connectivity index (χ3v) is 13.2. The highest BCUT2D eigenvalue weighted by Crippen LogP contribution is 2.63. The molecule has 5 unspecified atom stereocenters. The molecule has 0 aliphatic heterocycles. The first-order valence-corrected chi connectivity index (χ1v) is 15.5. The molecule has 3 aliphatic rings. The van der Waals surface area contributed by atoms with Gasteiger partial charge in [-0.15, -0.1) is 11.8 Å². The third-order valence-electron chi connectivity index (χ3n) is 7.96. The largest absolute Gasteiger partial charge is 0.379 e. The summed E-state index contributed by atoms with van der Waals surface area (Å²) in [5.41, 5.74) is 0.0465. The molecule has 0 bridgehead atoms. The number of aliphatic hydroxyl groups is 1. The number of hydrogen-bond donors (Lipinski definition) is 1. The Morgan fingerprint density at radius 3 is 2.07 bits per heavy atom. The predicted molar refractivity (Wildman–Crippen MR) is 142 cm³/mol. The fourth-order valence-electron chi connectivity index (χ4n) is 6.15. The molecule has 0 aromatic heterocycles. The van der Waals surface area contributed by atoms with E-state index in [1.165, 1.54) is 6.42 Å². The molecular formula is C21H31Br2Cl5OS. The summed E-state index contributed by atoms with van der Waals surface area (Å²) in [7, 11) is 0. The molecule has 5 atom stereocenters. The number of alkyl halides is 7. The minimum atomic E-state index is -1.28. The summed E-state index contributed by atoms with van der Waals surface area (Å²) in [6.45, 7) is 2.26. The van der Waals surface area contributed by atoms with Crippen LogP contribution in [0, 0.1) is 23.2 Å². The van der Waals surface area contributed by atoms with Crippen LogP contribution >= 0.6 is 102 Å². The molecule has 3 fully saturated rings. The van der Waals surface area contributed by atoms with Crippen LogP contribution in [0.1, 0.15) is 77.6 Å². The first-order valence-electron chi connectivity index (χ1n) is 11.0. The van der Waals surface area contributed by atoms with Crippen LogP contribution in [0.3, 0.4) is 0 Å². The van der Waals surface area contributed by atoms with Crippen molar-refractivity contribution >= 4 is 102 Å². The maximum Gasteiger partial charge on any atom is 0.193 e. The van der Waals surface area contributed by atoms with E-state index in [4.69, 9.17) is 58.0 Å². The van der Waals surface area contributed by atoms with Crippen molar-refractivity contribution in [2.45, 2.75) is 99.6 Å². The van der Waals surface area contributed by atoms with Crippen molar-refractivity contribution in [2.24, 2.45) is 23.2 Å². The van der Waals surface area contributed by atoms with Crippen LogP contribution in [0.2, 0.25) is 0 Å². The Balaban J connectivity index is 1.80. The van der Waals surface area contributed by atoms with Crippen LogP contribution in [0.15, 0.2) is 0 Å². The van der Waals surface area contributed by atoms with E-state index in [1.807, 2.05) is 0 Å². The first-order chi connectivity index (χ1) is 13.8. The highest BCUT2D eigenvalue weighted by atomic mass is 79.9. The molecule has 9 heteroatoms. The standard InChI is InChI=1S/C21H31Br2Cl5OS/c1-2-18(10-3-4-17(18)22)16-12-14(21(26,27)28)9-11-19(16,29)30-15-7-5-13(6-8-15)20(23,24)25/h13-17,29H,2-12H2,1H3. The van der Waals surface area contributed by atoms with Crippen molar-refractivity contribution in [1.82, 2.24) is 0 Å². The topological polar surface area (TPSA) is 20.2 Å². The average molecular weight is 669 g/mol. The van der Waals surface area contributed by atoms with Crippen LogP contribution in [-0.2, 0) is 0 Å². The van der Waals surface area contributed by atoms with E-state index in [1.54, 1.807) is 11.8 Å². The number of thioether (sulfide) groups is 1. The summed E-state index contributed by atoms with van der Waals surface area (Å²) in [6, 6.07) is 0. The van der Waals surface area contributed by atoms with Gasteiger partial charge in [0.05, 0.1) is 0 Å². The zero-order valence-electron chi connectivity index (χ0n) is 17.2. The first kappa shape index (κ1) is 27.3. The van der Waals surface area contributed by atoms with E-state index < -0.39 is 12.0 Å². The molecule has 3 saturated carbocycles. The van der Waals surface area contributed by atoms with Crippen molar-refractivity contribution < 1.29 is 5.11 Å². The quantitative estimate of drug-likeness (QED) is 0.233. The monoisotopic (exact) mass is 664 g/mol. The lowest BCUT2D eigenvalue weighted by Gasteiger charge is -2.54. The molecule has 0 amide bonds. The van der Waals surface area contributed by atoms with Crippen molar-refractivity contribution in [3.8, 4) is 0 Å². The van der Waals surface area contributed by atoms with E-state index in [-0.39, 0.29) is 23.2 Å². The summed E-state index contributed by atoms with van der Waals surface area (Å²) in [5, 5.41) is 12.5. The normalized spacial score (nSPS) is 43.7. The van der Waals surface area contributed by atoms with E-state index in [0.717, 1.165) is 57.8 Å². The van der Waals surface area contributed by atoms with E-state index in [2.05, 4.69) is 38.8 Å². The molecule has 0 saturated heterocycles. The van der Waals surface area contributed by atoms with Gasteiger partial charge in [-0.05, 0) is 85.6 Å². The lowest BCUT2D eigenvalue weighted by Crippen LogP contribution is -2.53. The maximum absolute atomic E-state index is 12.1. The van der Waals surface area contributed by atoms with Crippen molar-refractivity contribution in [3.05, 3.63) is 0 Å². The highest BCUT2D eigenvalue weighted by Gasteiger charge is 2.58. The van der Waals surface area contributed by atoms with Crippen LogP contribution < -0.4 is 0 Å². The van der Waals surface area contributed by atoms with Crippen LogP contribution in [-0.4, -0.2) is 27.2 Å². The number of rotatable bonds is 5. The average Bonchev–Trinajstić information content (AvgIpc) is 3.02. The number of hydrogen-bond acceptors (Lipinski definition) is 2. The van der Waals surface area contributed by atoms with Gasteiger partial charge in [-0.25, -0.2) is 0 Å². The Bertz CT molecular complexity index is 593. The van der Waals surface area contributed by atoms with Crippen LogP contribution in [0.4, 0.5) is 0 Å². The molecule has 3 rings (SSSR count). The molecular weight excluding hydrogens is 637 g/mol. The number of halogens is 7. The Labute approximate surface area is 227 Å². The predicted octanol–water partition coefficient (Wildman–Crippen LogP) is 9.62. The van der Waals surface area contributed by atoms with Gasteiger partial charge < -0.3 is 5.11 Å². The Kier molecular flexibility index (Phi) is 9.44. The molecule has 3 aliphatic carbocycles. The molecule has 1 N–H and O–H groups in total. The second-order valence-electron chi connectivity index (χ2n) is 9.49. The van der Waals surface area contributed by atoms with Gasteiger partial charge in [-0.2, -0.15) is 0 Å². The van der Waals surface area contributed by atoms with Gasteiger partial charge in [0.2, 0.25) is 0 Å². The molecule has 0 aromatic carbocycles. The smallest absolute Gasteiger partial charge is 0.193 e.